The molecule has 4 nitrogen and oxygen atoms in total. The summed E-state index contributed by atoms with van der Waals surface area (Å²) >= 11 is 0. The molecule has 74 valence electrons. The molecule has 1 saturated heterocycles. The summed E-state index contributed by atoms with van der Waals surface area (Å²) in [7, 11) is 0. The van der Waals surface area contributed by atoms with Gasteiger partial charge in [0, 0.05) is 24.8 Å². The Kier molecular flexibility index (Phi) is 2.47. The topological polar surface area (TPSA) is 67.2 Å². The third-order valence-corrected chi connectivity index (χ3v) is 2.42. The Morgan fingerprint density at radius 1 is 1.43 bits per heavy atom. The van der Waals surface area contributed by atoms with Crippen molar-refractivity contribution in [2.45, 2.75) is 6.04 Å². The summed E-state index contributed by atoms with van der Waals surface area (Å²) < 4.78 is 0. The van der Waals surface area contributed by atoms with Crippen LogP contribution in [0.3, 0.4) is 0 Å². The zero-order chi connectivity index (χ0) is 9.97. The van der Waals surface area contributed by atoms with Gasteiger partial charge in [-0.1, -0.05) is 18.2 Å². The van der Waals surface area contributed by atoms with Gasteiger partial charge in [0.2, 0.25) is 5.91 Å². The van der Waals surface area contributed by atoms with Gasteiger partial charge in [-0.25, -0.2) is 0 Å². The molecule has 0 radical (unpaired) electrons. The van der Waals surface area contributed by atoms with Gasteiger partial charge in [0.25, 0.3) is 0 Å². The number of amides is 1. The van der Waals surface area contributed by atoms with Gasteiger partial charge in [-0.2, -0.15) is 0 Å². The molecule has 0 aliphatic carbocycles. The predicted octanol–water partition coefficient (Wildman–Crippen LogP) is -0.0231. The van der Waals surface area contributed by atoms with Crippen LogP contribution >= 0.6 is 0 Å². The standard InChI is InChI=1S/C10H13N3O/c11-10(14)8-4-2-1-3-7(8)9-5-12-6-13-9/h1-4,9,12-13H,5-6H2,(H2,11,14). The lowest BCUT2D eigenvalue weighted by atomic mass is 10.0. The Balaban J connectivity index is 2.35. The summed E-state index contributed by atoms with van der Waals surface area (Å²) in [6.07, 6.45) is 0. The zero-order valence-corrected chi connectivity index (χ0v) is 7.79. The maximum atomic E-state index is 11.2. The first-order chi connectivity index (χ1) is 6.79. The van der Waals surface area contributed by atoms with Gasteiger partial charge in [0.1, 0.15) is 0 Å². The first-order valence-corrected chi connectivity index (χ1v) is 4.62. The number of nitrogens with one attached hydrogen (secondary N) is 2. The fourth-order valence-electron chi connectivity index (χ4n) is 1.73. The summed E-state index contributed by atoms with van der Waals surface area (Å²) in [6.45, 7) is 1.61. The van der Waals surface area contributed by atoms with Gasteiger partial charge in [-0.05, 0) is 11.6 Å². The van der Waals surface area contributed by atoms with Crippen molar-refractivity contribution in [2.75, 3.05) is 13.2 Å². The van der Waals surface area contributed by atoms with Gasteiger partial charge < -0.3 is 11.1 Å². The molecule has 0 saturated carbocycles. The van der Waals surface area contributed by atoms with Crippen molar-refractivity contribution in [3.05, 3.63) is 35.4 Å². The smallest absolute Gasteiger partial charge is 0.249 e. The molecule has 1 unspecified atom stereocenters. The van der Waals surface area contributed by atoms with Crippen LogP contribution in [-0.2, 0) is 0 Å². The number of primary amides is 1. The predicted molar refractivity (Wildman–Crippen MR) is 53.7 cm³/mol. The third kappa shape index (κ3) is 1.62. The van der Waals surface area contributed by atoms with Gasteiger partial charge in [-0.15, -0.1) is 0 Å². The van der Waals surface area contributed by atoms with E-state index in [1.165, 1.54) is 0 Å². The van der Waals surface area contributed by atoms with Crippen LogP contribution < -0.4 is 16.4 Å². The lowest BCUT2D eigenvalue weighted by Gasteiger charge is -2.12. The minimum atomic E-state index is -0.366. The van der Waals surface area contributed by atoms with Crippen molar-refractivity contribution in [1.29, 1.82) is 0 Å². The van der Waals surface area contributed by atoms with Crippen LogP contribution in [0.25, 0.3) is 0 Å². The molecule has 1 aliphatic heterocycles. The molecule has 2 rings (SSSR count). The monoisotopic (exact) mass is 191 g/mol. The molecule has 1 heterocycles. The molecule has 14 heavy (non-hydrogen) atoms. The maximum absolute atomic E-state index is 11.2. The van der Waals surface area contributed by atoms with Crippen molar-refractivity contribution in [1.82, 2.24) is 10.6 Å². The number of carbonyl (C=O) groups is 1. The zero-order valence-electron chi connectivity index (χ0n) is 7.79. The minimum Gasteiger partial charge on any atom is -0.366 e. The Morgan fingerprint density at radius 3 is 2.86 bits per heavy atom. The molecule has 4 N–H and O–H groups in total. The first-order valence-electron chi connectivity index (χ1n) is 4.62. The highest BCUT2D eigenvalue weighted by molar-refractivity contribution is 5.94. The van der Waals surface area contributed by atoms with Crippen LogP contribution in [0.15, 0.2) is 24.3 Å². The Labute approximate surface area is 82.5 Å². The largest absolute Gasteiger partial charge is 0.366 e. The number of hydrogen-bond acceptors (Lipinski definition) is 3. The highest BCUT2D eigenvalue weighted by Crippen LogP contribution is 2.18. The molecule has 1 atom stereocenters. The van der Waals surface area contributed by atoms with Crippen LogP contribution in [0.1, 0.15) is 22.0 Å². The van der Waals surface area contributed by atoms with Crippen LogP contribution in [0.5, 0.6) is 0 Å². The summed E-state index contributed by atoms with van der Waals surface area (Å²) in [5, 5.41) is 6.42. The number of rotatable bonds is 2. The summed E-state index contributed by atoms with van der Waals surface area (Å²) in [6, 6.07) is 7.63. The molecule has 0 bridgehead atoms. The van der Waals surface area contributed by atoms with E-state index < -0.39 is 0 Å². The van der Waals surface area contributed by atoms with E-state index in [1.807, 2.05) is 18.2 Å². The Bertz CT molecular complexity index is 345. The molecule has 1 aliphatic rings. The van der Waals surface area contributed by atoms with E-state index in [0.717, 1.165) is 18.8 Å². The fraction of sp³-hybridized carbons (Fsp3) is 0.300. The van der Waals surface area contributed by atoms with Crippen molar-refractivity contribution in [3.63, 3.8) is 0 Å². The van der Waals surface area contributed by atoms with E-state index in [-0.39, 0.29) is 11.9 Å². The van der Waals surface area contributed by atoms with E-state index in [9.17, 15) is 4.79 Å². The van der Waals surface area contributed by atoms with E-state index >= 15 is 0 Å². The molecular weight excluding hydrogens is 178 g/mol. The lowest BCUT2D eigenvalue weighted by Crippen LogP contribution is -2.21. The molecule has 1 aromatic carbocycles. The van der Waals surface area contributed by atoms with Gasteiger partial charge in [-0.3, -0.25) is 10.1 Å². The Hall–Kier alpha value is -1.39. The van der Waals surface area contributed by atoms with Gasteiger partial charge in [0.05, 0.1) is 0 Å². The number of hydrogen-bond donors (Lipinski definition) is 3. The van der Waals surface area contributed by atoms with E-state index in [4.69, 9.17) is 5.73 Å². The number of benzene rings is 1. The fourth-order valence-corrected chi connectivity index (χ4v) is 1.73. The summed E-state index contributed by atoms with van der Waals surface area (Å²) in [5.41, 5.74) is 6.88. The molecule has 0 aromatic heterocycles. The average molecular weight is 191 g/mol. The second-order valence-corrected chi connectivity index (χ2v) is 3.34. The van der Waals surface area contributed by atoms with Crippen molar-refractivity contribution < 1.29 is 4.79 Å². The number of carbonyl (C=O) groups excluding carboxylic acids is 1. The Morgan fingerprint density at radius 2 is 2.21 bits per heavy atom. The van der Waals surface area contributed by atoms with Crippen LogP contribution in [-0.4, -0.2) is 19.1 Å². The molecule has 4 heteroatoms. The molecule has 0 spiro atoms. The average Bonchev–Trinajstić information content (AvgIpc) is 2.70. The second-order valence-electron chi connectivity index (χ2n) is 3.34. The van der Waals surface area contributed by atoms with Crippen LogP contribution in [0, 0.1) is 0 Å². The van der Waals surface area contributed by atoms with Crippen molar-refractivity contribution in [3.8, 4) is 0 Å². The third-order valence-electron chi connectivity index (χ3n) is 2.42. The maximum Gasteiger partial charge on any atom is 0.249 e. The van der Waals surface area contributed by atoms with E-state index in [0.29, 0.717) is 5.56 Å². The lowest BCUT2D eigenvalue weighted by molar-refractivity contribution is 0.0999. The van der Waals surface area contributed by atoms with E-state index in [2.05, 4.69) is 10.6 Å². The van der Waals surface area contributed by atoms with Crippen molar-refractivity contribution in [2.24, 2.45) is 5.73 Å². The summed E-state index contributed by atoms with van der Waals surface area (Å²) in [4.78, 5) is 11.2. The quantitative estimate of drug-likeness (QED) is 0.615. The van der Waals surface area contributed by atoms with Crippen LogP contribution in [0.4, 0.5) is 0 Å². The highest BCUT2D eigenvalue weighted by Gasteiger charge is 2.19. The first kappa shape index (κ1) is 9.18. The van der Waals surface area contributed by atoms with Crippen molar-refractivity contribution >= 4 is 5.91 Å². The normalized spacial score (nSPS) is 21.0. The highest BCUT2D eigenvalue weighted by atomic mass is 16.1. The minimum absolute atomic E-state index is 0.193. The van der Waals surface area contributed by atoms with Gasteiger partial charge in [0.15, 0.2) is 0 Å². The SMILES string of the molecule is NC(=O)c1ccccc1C1CNCN1. The molecule has 1 aromatic rings. The van der Waals surface area contributed by atoms with E-state index in [1.54, 1.807) is 6.07 Å². The summed E-state index contributed by atoms with van der Waals surface area (Å²) in [5.74, 6) is -0.366. The van der Waals surface area contributed by atoms with Crippen LogP contribution in [0.2, 0.25) is 0 Å². The molecule has 1 fully saturated rings. The molecular formula is C10H13N3O. The second kappa shape index (κ2) is 3.77. The van der Waals surface area contributed by atoms with Gasteiger partial charge >= 0.3 is 0 Å². The molecule has 1 amide bonds. The number of nitrogens with two attached hydrogens (primary N) is 1.